The van der Waals surface area contributed by atoms with E-state index in [4.69, 9.17) is 0 Å². The Labute approximate surface area is 191 Å². The fourth-order valence-corrected chi connectivity index (χ4v) is 9.11. The first-order valence-corrected chi connectivity index (χ1v) is 13.3. The lowest BCUT2D eigenvalue weighted by atomic mass is 9.46. The molecule has 2 heteroatoms. The predicted octanol–water partition coefficient (Wildman–Crippen LogP) is 6.77. The van der Waals surface area contributed by atoms with Crippen LogP contribution in [0.1, 0.15) is 92.4 Å². The zero-order valence-corrected chi connectivity index (χ0v) is 20.8. The van der Waals surface area contributed by atoms with Crippen LogP contribution in [0, 0.1) is 52.3 Å². The SMILES string of the molecule is C=C[C@H](CC[C@@H](C)[C@H]1CC[C@H]2[C@@H]3C[C@@H](O)C4=C[C@H](O)CC[C@]4(C)[C@H]3CC[C@]12C)C(C)C. The monoisotopic (exact) mass is 428 g/mol. The summed E-state index contributed by atoms with van der Waals surface area (Å²) in [7, 11) is 0. The first-order chi connectivity index (χ1) is 14.6. The highest BCUT2D eigenvalue weighted by Gasteiger charge is 2.60. The maximum atomic E-state index is 11.1. The summed E-state index contributed by atoms with van der Waals surface area (Å²) in [6.07, 6.45) is 14.3. The predicted molar refractivity (Wildman–Crippen MR) is 130 cm³/mol. The molecule has 0 heterocycles. The Kier molecular flexibility index (Phi) is 6.56. The van der Waals surface area contributed by atoms with E-state index in [9.17, 15) is 10.2 Å². The van der Waals surface area contributed by atoms with E-state index in [1.165, 1.54) is 44.1 Å². The Morgan fingerprint density at radius 3 is 2.45 bits per heavy atom. The highest BCUT2D eigenvalue weighted by molar-refractivity contribution is 5.29. The van der Waals surface area contributed by atoms with Crippen LogP contribution >= 0.6 is 0 Å². The van der Waals surface area contributed by atoms with E-state index in [0.29, 0.717) is 29.1 Å². The first kappa shape index (κ1) is 23.6. The molecular formula is C29H48O2. The molecule has 0 radical (unpaired) electrons. The number of rotatable bonds is 6. The number of aliphatic hydroxyl groups is 2. The Morgan fingerprint density at radius 2 is 1.77 bits per heavy atom. The van der Waals surface area contributed by atoms with Gasteiger partial charge >= 0.3 is 0 Å². The Hall–Kier alpha value is -0.600. The van der Waals surface area contributed by atoms with Crippen LogP contribution in [0.15, 0.2) is 24.3 Å². The lowest BCUT2D eigenvalue weighted by Crippen LogP contribution is -2.54. The van der Waals surface area contributed by atoms with Crippen LogP contribution in [0.4, 0.5) is 0 Å². The van der Waals surface area contributed by atoms with Gasteiger partial charge in [0, 0.05) is 0 Å². The van der Waals surface area contributed by atoms with Gasteiger partial charge in [0.1, 0.15) is 0 Å². The second-order valence-electron chi connectivity index (χ2n) is 12.7. The molecule has 2 N–H and O–H groups in total. The van der Waals surface area contributed by atoms with Gasteiger partial charge in [-0.1, -0.05) is 46.8 Å². The van der Waals surface area contributed by atoms with Crippen molar-refractivity contribution in [2.75, 3.05) is 0 Å². The molecule has 0 aromatic rings. The van der Waals surface area contributed by atoms with Crippen LogP contribution < -0.4 is 0 Å². The lowest BCUT2D eigenvalue weighted by molar-refractivity contribution is -0.0875. The van der Waals surface area contributed by atoms with Gasteiger partial charge in [-0.05, 0) is 116 Å². The van der Waals surface area contributed by atoms with E-state index in [0.717, 1.165) is 37.0 Å². The number of allylic oxidation sites excluding steroid dienone is 1. The molecule has 0 aromatic carbocycles. The van der Waals surface area contributed by atoms with Crippen molar-refractivity contribution >= 4 is 0 Å². The summed E-state index contributed by atoms with van der Waals surface area (Å²) < 4.78 is 0. The Bertz CT molecular complexity index is 695. The summed E-state index contributed by atoms with van der Waals surface area (Å²) in [4.78, 5) is 0. The molecule has 4 aliphatic rings. The molecule has 0 unspecified atom stereocenters. The quantitative estimate of drug-likeness (QED) is 0.458. The molecule has 0 spiro atoms. The number of hydrogen-bond donors (Lipinski definition) is 2. The highest BCUT2D eigenvalue weighted by Crippen LogP contribution is 2.67. The van der Waals surface area contributed by atoms with Crippen molar-refractivity contribution in [3.63, 3.8) is 0 Å². The van der Waals surface area contributed by atoms with Crippen LogP contribution in [-0.2, 0) is 0 Å². The summed E-state index contributed by atoms with van der Waals surface area (Å²) in [5, 5.41) is 21.4. The van der Waals surface area contributed by atoms with Crippen molar-refractivity contribution in [2.24, 2.45) is 52.3 Å². The first-order valence-electron chi connectivity index (χ1n) is 13.3. The van der Waals surface area contributed by atoms with Gasteiger partial charge in [-0.3, -0.25) is 0 Å². The van der Waals surface area contributed by atoms with Crippen molar-refractivity contribution in [3.05, 3.63) is 24.3 Å². The van der Waals surface area contributed by atoms with E-state index in [-0.39, 0.29) is 17.6 Å². The molecule has 0 amide bonds. The fraction of sp³-hybridized carbons (Fsp3) is 0.862. The van der Waals surface area contributed by atoms with Crippen molar-refractivity contribution in [1.82, 2.24) is 0 Å². The van der Waals surface area contributed by atoms with Gasteiger partial charge < -0.3 is 10.2 Å². The zero-order valence-electron chi connectivity index (χ0n) is 20.8. The van der Waals surface area contributed by atoms with Crippen molar-refractivity contribution in [3.8, 4) is 0 Å². The van der Waals surface area contributed by atoms with Gasteiger partial charge in [0.05, 0.1) is 12.2 Å². The third kappa shape index (κ3) is 3.88. The van der Waals surface area contributed by atoms with Crippen LogP contribution in [0.25, 0.3) is 0 Å². The molecule has 3 fully saturated rings. The minimum Gasteiger partial charge on any atom is -0.389 e. The molecular weight excluding hydrogens is 380 g/mol. The lowest BCUT2D eigenvalue weighted by Gasteiger charge is -2.60. The second-order valence-corrected chi connectivity index (χ2v) is 12.7. The summed E-state index contributed by atoms with van der Waals surface area (Å²) in [6.45, 7) is 16.3. The second kappa shape index (κ2) is 8.64. The van der Waals surface area contributed by atoms with Gasteiger partial charge in [0.25, 0.3) is 0 Å². The Morgan fingerprint density at radius 1 is 1.03 bits per heavy atom. The number of aliphatic hydroxyl groups excluding tert-OH is 2. The van der Waals surface area contributed by atoms with Crippen LogP contribution in [0.5, 0.6) is 0 Å². The molecule has 0 saturated heterocycles. The normalized spacial score (nSPS) is 46.5. The molecule has 3 saturated carbocycles. The maximum Gasteiger partial charge on any atom is 0.0759 e. The van der Waals surface area contributed by atoms with Gasteiger partial charge in [-0.15, -0.1) is 6.58 Å². The molecule has 176 valence electrons. The van der Waals surface area contributed by atoms with Gasteiger partial charge in [0.15, 0.2) is 0 Å². The topological polar surface area (TPSA) is 40.5 Å². The number of hydrogen-bond acceptors (Lipinski definition) is 2. The van der Waals surface area contributed by atoms with Crippen molar-refractivity contribution in [1.29, 1.82) is 0 Å². The average Bonchev–Trinajstić information content (AvgIpc) is 3.07. The average molecular weight is 429 g/mol. The van der Waals surface area contributed by atoms with E-state index in [1.807, 2.05) is 6.08 Å². The Balaban J connectivity index is 1.51. The molecule has 0 bridgehead atoms. The van der Waals surface area contributed by atoms with Crippen LogP contribution in [0.3, 0.4) is 0 Å². The van der Waals surface area contributed by atoms with Gasteiger partial charge in [0.2, 0.25) is 0 Å². The molecule has 2 nitrogen and oxygen atoms in total. The van der Waals surface area contributed by atoms with Gasteiger partial charge in [-0.25, -0.2) is 0 Å². The summed E-state index contributed by atoms with van der Waals surface area (Å²) in [5.74, 6) is 5.03. The summed E-state index contributed by atoms with van der Waals surface area (Å²) >= 11 is 0. The largest absolute Gasteiger partial charge is 0.389 e. The summed E-state index contributed by atoms with van der Waals surface area (Å²) in [6, 6.07) is 0. The molecule has 10 atom stereocenters. The molecule has 0 aliphatic heterocycles. The van der Waals surface area contributed by atoms with E-state index in [1.54, 1.807) is 0 Å². The highest BCUT2D eigenvalue weighted by atomic mass is 16.3. The van der Waals surface area contributed by atoms with E-state index in [2.05, 4.69) is 47.3 Å². The van der Waals surface area contributed by atoms with Crippen molar-refractivity contribution < 1.29 is 10.2 Å². The molecule has 4 aliphatic carbocycles. The van der Waals surface area contributed by atoms with Crippen LogP contribution in [0.2, 0.25) is 0 Å². The minimum atomic E-state index is -0.356. The standard InChI is InChI=1S/C29H48O2/c1-7-20(18(2)3)9-8-19(4)23-10-11-24-22-17-27(31)26-16-21(30)12-14-29(26,6)25(22)13-15-28(23,24)5/h7,16,18-25,27,30-31H,1,8-15,17H2,2-6H3/t19-,20-,21-,22+,23-,24+,25+,27-,28-,29-/m1/s1. The smallest absolute Gasteiger partial charge is 0.0759 e. The summed E-state index contributed by atoms with van der Waals surface area (Å²) in [5.41, 5.74) is 1.71. The fourth-order valence-electron chi connectivity index (χ4n) is 9.11. The van der Waals surface area contributed by atoms with Crippen molar-refractivity contribution in [2.45, 2.75) is 105 Å². The third-order valence-electron chi connectivity index (χ3n) is 11.0. The molecule has 4 rings (SSSR count). The third-order valence-corrected chi connectivity index (χ3v) is 11.0. The minimum absolute atomic E-state index is 0.0983. The number of fused-ring (bicyclic) bond motifs is 5. The van der Waals surface area contributed by atoms with E-state index < -0.39 is 0 Å². The zero-order chi connectivity index (χ0) is 22.6. The maximum absolute atomic E-state index is 11.1. The van der Waals surface area contributed by atoms with Gasteiger partial charge in [-0.2, -0.15) is 0 Å². The molecule has 31 heavy (non-hydrogen) atoms. The molecule has 0 aromatic heterocycles. The van der Waals surface area contributed by atoms with Crippen LogP contribution in [-0.4, -0.2) is 22.4 Å². The van der Waals surface area contributed by atoms with E-state index >= 15 is 0 Å².